The third-order valence-corrected chi connectivity index (χ3v) is 7.62. The average Bonchev–Trinajstić information content (AvgIpc) is 2.84. The van der Waals surface area contributed by atoms with Crippen molar-refractivity contribution < 1.29 is 19.7 Å². The molecule has 6 nitrogen and oxygen atoms in total. The van der Waals surface area contributed by atoms with Crippen LogP contribution in [0.1, 0.15) is 23.1 Å². The number of likely N-dealkylation sites (tertiary alicyclic amines) is 1. The molecule has 0 amide bonds. The van der Waals surface area contributed by atoms with E-state index in [0.29, 0.717) is 39.8 Å². The molecule has 1 heterocycles. The molecule has 0 atom stereocenters. The summed E-state index contributed by atoms with van der Waals surface area (Å²) in [6.45, 7) is 5.85. The molecule has 198 valence electrons. The second-order valence-corrected chi connectivity index (χ2v) is 10.4. The Morgan fingerprint density at radius 2 is 1.70 bits per heavy atom. The van der Waals surface area contributed by atoms with Gasteiger partial charge in [-0.2, -0.15) is 0 Å². The molecule has 0 aromatic heterocycles. The fraction of sp³-hybridized carbons (Fsp3) is 0.379. The smallest absolute Gasteiger partial charge is 0.142 e. The summed E-state index contributed by atoms with van der Waals surface area (Å²) in [7, 11) is 4.26. The Kier molecular flexibility index (Phi) is 9.22. The number of ether oxygens (including phenoxy) is 2. The molecule has 37 heavy (non-hydrogen) atoms. The normalized spacial score (nSPS) is 14.1. The Hall–Kier alpha value is -2.48. The molecule has 0 spiro atoms. The van der Waals surface area contributed by atoms with Crippen LogP contribution in [0, 0.1) is 6.92 Å². The van der Waals surface area contributed by atoms with Gasteiger partial charge in [0.15, 0.2) is 0 Å². The lowest BCUT2D eigenvalue weighted by Gasteiger charge is -2.42. The van der Waals surface area contributed by atoms with E-state index < -0.39 is 0 Å². The Balaban J connectivity index is 1.40. The van der Waals surface area contributed by atoms with Crippen molar-refractivity contribution in [2.24, 2.45) is 0 Å². The summed E-state index contributed by atoms with van der Waals surface area (Å²) in [5.74, 6) is 0.977. The third kappa shape index (κ3) is 6.51. The fourth-order valence-electron chi connectivity index (χ4n) is 4.46. The molecule has 2 N–H and O–H groups in total. The van der Waals surface area contributed by atoms with Gasteiger partial charge in [0.2, 0.25) is 0 Å². The van der Waals surface area contributed by atoms with Gasteiger partial charge in [-0.25, -0.2) is 0 Å². The van der Waals surface area contributed by atoms with E-state index in [0.717, 1.165) is 48.3 Å². The van der Waals surface area contributed by atoms with Gasteiger partial charge < -0.3 is 24.6 Å². The monoisotopic (exact) mass is 544 g/mol. The van der Waals surface area contributed by atoms with Crippen molar-refractivity contribution in [3.05, 3.63) is 75.3 Å². The van der Waals surface area contributed by atoms with Crippen LogP contribution < -0.4 is 9.47 Å². The van der Waals surface area contributed by atoms with Gasteiger partial charge in [-0.15, -0.1) is 0 Å². The van der Waals surface area contributed by atoms with Crippen LogP contribution in [0.15, 0.2) is 48.5 Å². The number of rotatable bonds is 11. The number of halogens is 2. The van der Waals surface area contributed by atoms with Crippen LogP contribution >= 0.6 is 23.2 Å². The number of aliphatic hydroxyl groups excluding tert-OH is 1. The predicted molar refractivity (Wildman–Crippen MR) is 149 cm³/mol. The van der Waals surface area contributed by atoms with Crippen LogP contribution in [-0.2, 0) is 13.2 Å². The number of benzene rings is 3. The van der Waals surface area contributed by atoms with Crippen molar-refractivity contribution in [3.63, 3.8) is 0 Å². The van der Waals surface area contributed by atoms with Crippen LogP contribution in [0.2, 0.25) is 10.0 Å². The number of phenols is 1. The Labute approximate surface area is 228 Å². The molecule has 0 aliphatic carbocycles. The van der Waals surface area contributed by atoms with E-state index in [1.807, 2.05) is 43.3 Å². The summed E-state index contributed by atoms with van der Waals surface area (Å²) < 4.78 is 12.0. The van der Waals surface area contributed by atoms with E-state index in [-0.39, 0.29) is 19.0 Å². The lowest BCUT2D eigenvalue weighted by molar-refractivity contribution is 0.0595. The lowest BCUT2D eigenvalue weighted by Crippen LogP contribution is -2.57. The average molecular weight is 546 g/mol. The molecule has 8 heteroatoms. The number of aromatic hydroxyl groups is 1. The minimum absolute atomic E-state index is 0.0569. The zero-order valence-electron chi connectivity index (χ0n) is 21.5. The zero-order valence-corrected chi connectivity index (χ0v) is 23.0. The highest BCUT2D eigenvalue weighted by molar-refractivity contribution is 6.34. The molecular weight excluding hydrogens is 511 g/mol. The van der Waals surface area contributed by atoms with Crippen molar-refractivity contribution in [1.29, 1.82) is 0 Å². The molecule has 3 aromatic rings. The van der Waals surface area contributed by atoms with Crippen LogP contribution in [0.5, 0.6) is 17.2 Å². The highest BCUT2D eigenvalue weighted by Gasteiger charge is 2.27. The van der Waals surface area contributed by atoms with Gasteiger partial charge in [0.1, 0.15) is 23.9 Å². The second kappa shape index (κ2) is 12.4. The van der Waals surface area contributed by atoms with Gasteiger partial charge in [0.05, 0.1) is 23.3 Å². The topological polar surface area (TPSA) is 65.4 Å². The van der Waals surface area contributed by atoms with Gasteiger partial charge in [-0.3, -0.25) is 4.90 Å². The maximum absolute atomic E-state index is 10.0. The Morgan fingerprint density at radius 3 is 2.43 bits per heavy atom. The summed E-state index contributed by atoms with van der Waals surface area (Å²) in [4.78, 5) is 4.72. The minimum atomic E-state index is -0.299. The van der Waals surface area contributed by atoms with Crippen molar-refractivity contribution in [2.75, 3.05) is 40.3 Å². The Bertz CT molecular complexity index is 1230. The number of likely N-dealkylation sites (N-methyl/N-ethyl adjacent to an activating group) is 1. The number of aliphatic hydroxyl groups is 1. The molecule has 0 bridgehead atoms. The van der Waals surface area contributed by atoms with Crippen LogP contribution in [0.4, 0.5) is 0 Å². The molecule has 1 aliphatic heterocycles. The van der Waals surface area contributed by atoms with Crippen LogP contribution in [-0.4, -0.2) is 66.4 Å². The maximum atomic E-state index is 10.0. The van der Waals surface area contributed by atoms with E-state index in [2.05, 4.69) is 23.9 Å². The van der Waals surface area contributed by atoms with Crippen molar-refractivity contribution in [3.8, 4) is 28.4 Å². The quantitative estimate of drug-likeness (QED) is 0.299. The van der Waals surface area contributed by atoms with E-state index in [1.165, 1.54) is 12.1 Å². The first-order valence-electron chi connectivity index (χ1n) is 12.4. The van der Waals surface area contributed by atoms with Gasteiger partial charge in [0.25, 0.3) is 0 Å². The number of hydrogen-bond acceptors (Lipinski definition) is 6. The number of nitrogens with zero attached hydrogens (tertiary/aromatic N) is 2. The highest BCUT2D eigenvalue weighted by atomic mass is 35.5. The summed E-state index contributed by atoms with van der Waals surface area (Å²) in [5.41, 5.74) is 4.25. The molecule has 4 rings (SSSR count). The lowest BCUT2D eigenvalue weighted by atomic mass is 9.96. The summed E-state index contributed by atoms with van der Waals surface area (Å²) in [6, 6.07) is 15.4. The highest BCUT2D eigenvalue weighted by Crippen LogP contribution is 2.38. The van der Waals surface area contributed by atoms with Crippen molar-refractivity contribution >= 4 is 23.2 Å². The van der Waals surface area contributed by atoms with Crippen LogP contribution in [0.25, 0.3) is 11.1 Å². The fourth-order valence-corrected chi connectivity index (χ4v) is 4.98. The summed E-state index contributed by atoms with van der Waals surface area (Å²) in [5, 5.41) is 20.3. The molecule has 1 aliphatic rings. The molecule has 1 fully saturated rings. The molecule has 0 radical (unpaired) electrons. The standard InChI is InChI=1S/C29H34Cl2N2O4/c1-19-20(18-37-28-14-26(35)21(17-34)13-25(28)30)7-4-8-23(19)24-9-5-10-27(29(24)31)36-12-6-11-33-15-22(16-33)32(2)3/h4-5,7-10,13-14,22,34-35H,6,11-12,15-18H2,1-3H3. The first kappa shape index (κ1) is 27.6. The Morgan fingerprint density at radius 1 is 0.973 bits per heavy atom. The molecule has 1 saturated heterocycles. The third-order valence-electron chi connectivity index (χ3n) is 6.93. The van der Waals surface area contributed by atoms with E-state index in [4.69, 9.17) is 32.7 Å². The minimum Gasteiger partial charge on any atom is -0.507 e. The first-order valence-corrected chi connectivity index (χ1v) is 13.2. The maximum Gasteiger partial charge on any atom is 0.142 e. The van der Waals surface area contributed by atoms with E-state index >= 15 is 0 Å². The molecular formula is C29H34Cl2N2O4. The first-order chi connectivity index (χ1) is 17.8. The number of hydrogen-bond donors (Lipinski definition) is 2. The SMILES string of the molecule is Cc1c(COc2cc(O)c(CO)cc2Cl)cccc1-c1cccc(OCCCN2CC(N(C)C)C2)c1Cl. The zero-order chi connectivity index (χ0) is 26.5. The van der Waals surface area contributed by atoms with E-state index in [9.17, 15) is 10.2 Å². The predicted octanol–water partition coefficient (Wildman–Crippen LogP) is 5.76. The molecule has 0 unspecified atom stereocenters. The molecule has 0 saturated carbocycles. The van der Waals surface area contributed by atoms with Crippen molar-refractivity contribution in [1.82, 2.24) is 9.80 Å². The van der Waals surface area contributed by atoms with Crippen molar-refractivity contribution in [2.45, 2.75) is 32.6 Å². The van der Waals surface area contributed by atoms with Gasteiger partial charge in [-0.05, 0) is 56.3 Å². The van der Waals surface area contributed by atoms with Gasteiger partial charge in [-0.1, -0.05) is 53.5 Å². The van der Waals surface area contributed by atoms with E-state index in [1.54, 1.807) is 0 Å². The second-order valence-electron chi connectivity index (χ2n) is 9.64. The molecule has 3 aromatic carbocycles. The summed E-state index contributed by atoms with van der Waals surface area (Å²) >= 11 is 13.1. The van der Waals surface area contributed by atoms with Gasteiger partial charge in [0, 0.05) is 42.9 Å². The van der Waals surface area contributed by atoms with Gasteiger partial charge >= 0.3 is 0 Å². The van der Waals surface area contributed by atoms with Crippen LogP contribution in [0.3, 0.4) is 0 Å². The summed E-state index contributed by atoms with van der Waals surface area (Å²) in [6.07, 6.45) is 0.948. The largest absolute Gasteiger partial charge is 0.507 e.